The summed E-state index contributed by atoms with van der Waals surface area (Å²) in [5, 5.41) is 17.0. The first-order chi connectivity index (χ1) is 13.8. The van der Waals surface area contributed by atoms with E-state index in [0.29, 0.717) is 18.7 Å². The van der Waals surface area contributed by atoms with Crippen molar-refractivity contribution in [1.29, 1.82) is 5.26 Å². The standard InChI is InChI=1S/C22H24N4O2S/c1-22(2,3)28-21(27)26-9-6-15(7-10-26)24-20-17-8-11-29-19(17)16-5-4-14(13-23)12-18(16)25-20/h4-5,8,11-12,15H,6-7,9-10H2,1-3H3,(H,24,25). The van der Waals surface area contributed by atoms with Gasteiger partial charge >= 0.3 is 6.09 Å². The van der Waals surface area contributed by atoms with Crippen LogP contribution in [0.3, 0.4) is 0 Å². The van der Waals surface area contributed by atoms with Gasteiger partial charge in [-0.25, -0.2) is 9.78 Å². The molecule has 4 rings (SSSR count). The van der Waals surface area contributed by atoms with E-state index in [1.54, 1.807) is 16.2 Å². The van der Waals surface area contributed by atoms with Crippen molar-refractivity contribution in [3.63, 3.8) is 0 Å². The zero-order valence-electron chi connectivity index (χ0n) is 16.9. The predicted octanol–water partition coefficient (Wildman–Crippen LogP) is 5.13. The fourth-order valence-corrected chi connectivity index (χ4v) is 4.54. The zero-order valence-corrected chi connectivity index (χ0v) is 17.7. The van der Waals surface area contributed by atoms with Crippen LogP contribution in [-0.4, -0.2) is 40.7 Å². The molecule has 0 bridgehead atoms. The van der Waals surface area contributed by atoms with Crippen molar-refractivity contribution in [1.82, 2.24) is 9.88 Å². The maximum atomic E-state index is 12.3. The number of ether oxygens (including phenoxy) is 1. The smallest absolute Gasteiger partial charge is 0.410 e. The summed E-state index contributed by atoms with van der Waals surface area (Å²) in [4.78, 5) is 18.9. The van der Waals surface area contributed by atoms with Crippen molar-refractivity contribution in [2.24, 2.45) is 0 Å². The number of pyridine rings is 1. The second kappa shape index (κ2) is 7.53. The van der Waals surface area contributed by atoms with Crippen LogP contribution in [0.4, 0.5) is 10.6 Å². The normalized spacial score (nSPS) is 15.4. The minimum atomic E-state index is -0.478. The van der Waals surface area contributed by atoms with Gasteiger partial charge in [-0.3, -0.25) is 0 Å². The van der Waals surface area contributed by atoms with Crippen molar-refractivity contribution in [2.45, 2.75) is 45.3 Å². The zero-order chi connectivity index (χ0) is 20.6. The van der Waals surface area contributed by atoms with Crippen LogP contribution in [0, 0.1) is 11.3 Å². The molecule has 29 heavy (non-hydrogen) atoms. The first-order valence-electron chi connectivity index (χ1n) is 9.79. The van der Waals surface area contributed by atoms with E-state index in [4.69, 9.17) is 9.72 Å². The maximum absolute atomic E-state index is 12.3. The number of rotatable bonds is 2. The molecule has 0 radical (unpaired) electrons. The lowest BCUT2D eigenvalue weighted by Crippen LogP contribution is -2.44. The van der Waals surface area contributed by atoms with Gasteiger partial charge in [-0.15, -0.1) is 11.3 Å². The number of amides is 1. The first-order valence-corrected chi connectivity index (χ1v) is 10.7. The molecule has 1 fully saturated rings. The van der Waals surface area contributed by atoms with Gasteiger partial charge in [-0.1, -0.05) is 6.07 Å². The highest BCUT2D eigenvalue weighted by Crippen LogP contribution is 2.34. The van der Waals surface area contributed by atoms with E-state index in [1.165, 1.54) is 4.70 Å². The first kappa shape index (κ1) is 19.5. The molecule has 7 heteroatoms. The molecular formula is C22H24N4O2S. The van der Waals surface area contributed by atoms with E-state index >= 15 is 0 Å². The van der Waals surface area contributed by atoms with Crippen molar-refractivity contribution >= 4 is 44.2 Å². The Hall–Kier alpha value is -2.85. The fraction of sp³-hybridized carbons (Fsp3) is 0.409. The lowest BCUT2D eigenvalue weighted by atomic mass is 10.0. The summed E-state index contributed by atoms with van der Waals surface area (Å²) in [7, 11) is 0. The lowest BCUT2D eigenvalue weighted by Gasteiger charge is -2.34. The number of carbonyl (C=O) groups is 1. The Morgan fingerprint density at radius 3 is 2.72 bits per heavy atom. The van der Waals surface area contributed by atoms with Crippen molar-refractivity contribution < 1.29 is 9.53 Å². The Morgan fingerprint density at radius 2 is 2.03 bits per heavy atom. The number of nitriles is 1. The molecule has 150 valence electrons. The van der Waals surface area contributed by atoms with E-state index in [2.05, 4.69) is 22.8 Å². The third-order valence-corrected chi connectivity index (χ3v) is 5.96. The van der Waals surface area contributed by atoms with Crippen LogP contribution in [0.25, 0.3) is 21.0 Å². The highest BCUT2D eigenvalue weighted by molar-refractivity contribution is 7.18. The average Bonchev–Trinajstić information content (AvgIpc) is 3.17. The quantitative estimate of drug-likeness (QED) is 0.636. The van der Waals surface area contributed by atoms with Gasteiger partial charge in [0.2, 0.25) is 0 Å². The summed E-state index contributed by atoms with van der Waals surface area (Å²) in [6, 6.07) is 10.2. The molecule has 2 aromatic heterocycles. The number of hydrogen-bond acceptors (Lipinski definition) is 6. The van der Waals surface area contributed by atoms with Crippen LogP contribution >= 0.6 is 11.3 Å². The van der Waals surface area contributed by atoms with Crippen molar-refractivity contribution in [2.75, 3.05) is 18.4 Å². The number of aromatic nitrogens is 1. The monoisotopic (exact) mass is 408 g/mol. The molecule has 1 aliphatic rings. The van der Waals surface area contributed by atoms with Gasteiger partial charge in [0.05, 0.1) is 17.1 Å². The van der Waals surface area contributed by atoms with Crippen LogP contribution in [0.5, 0.6) is 0 Å². The third-order valence-electron chi connectivity index (χ3n) is 5.01. The summed E-state index contributed by atoms with van der Waals surface area (Å²) in [5.74, 6) is 0.847. The summed E-state index contributed by atoms with van der Waals surface area (Å²) in [5.41, 5.74) is 0.957. The molecule has 1 N–H and O–H groups in total. The third kappa shape index (κ3) is 4.13. The minimum absolute atomic E-state index is 0.237. The van der Waals surface area contributed by atoms with Gasteiger partial charge < -0.3 is 15.0 Å². The van der Waals surface area contributed by atoms with Crippen LogP contribution in [-0.2, 0) is 4.74 Å². The molecule has 0 aliphatic carbocycles. The predicted molar refractivity (Wildman–Crippen MR) is 116 cm³/mol. The molecular weight excluding hydrogens is 384 g/mol. The number of likely N-dealkylation sites (tertiary alicyclic amines) is 1. The second-order valence-corrected chi connectivity index (χ2v) is 9.27. The SMILES string of the molecule is CC(C)(C)OC(=O)N1CCC(Nc2nc3cc(C#N)ccc3c3sccc23)CC1. The molecule has 6 nitrogen and oxygen atoms in total. The highest BCUT2D eigenvalue weighted by atomic mass is 32.1. The molecule has 0 unspecified atom stereocenters. The van der Waals surface area contributed by atoms with Crippen LogP contribution in [0.1, 0.15) is 39.2 Å². The number of nitrogens with one attached hydrogen (secondary N) is 1. The number of piperidine rings is 1. The van der Waals surface area contributed by atoms with Crippen molar-refractivity contribution in [3.05, 3.63) is 35.2 Å². The number of hydrogen-bond donors (Lipinski definition) is 1. The van der Waals surface area contributed by atoms with Gasteiger partial charge in [-0.05, 0) is 57.2 Å². The molecule has 3 heterocycles. The molecule has 1 amide bonds. The van der Waals surface area contributed by atoms with E-state index in [-0.39, 0.29) is 12.1 Å². The number of nitrogens with zero attached hydrogens (tertiary/aromatic N) is 3. The van der Waals surface area contributed by atoms with Crippen molar-refractivity contribution in [3.8, 4) is 6.07 Å². The Labute approximate surface area is 174 Å². The van der Waals surface area contributed by atoms with Crippen LogP contribution < -0.4 is 5.32 Å². The Morgan fingerprint density at radius 1 is 1.28 bits per heavy atom. The fourth-order valence-electron chi connectivity index (χ4n) is 3.61. The number of anilines is 1. The van der Waals surface area contributed by atoms with Crippen LogP contribution in [0.2, 0.25) is 0 Å². The average molecular weight is 409 g/mol. The van der Waals surface area contributed by atoms with Gasteiger partial charge in [-0.2, -0.15) is 5.26 Å². The lowest BCUT2D eigenvalue weighted by molar-refractivity contribution is 0.0210. The topological polar surface area (TPSA) is 78.2 Å². The Kier molecular flexibility index (Phi) is 5.05. The molecule has 3 aromatic rings. The summed E-state index contributed by atoms with van der Waals surface area (Å²) in [6.45, 7) is 6.97. The number of thiophene rings is 1. The second-order valence-electron chi connectivity index (χ2n) is 8.35. The van der Waals surface area contributed by atoms with Gasteiger partial charge in [0.15, 0.2) is 0 Å². The largest absolute Gasteiger partial charge is 0.444 e. The number of benzene rings is 1. The Balaban J connectivity index is 1.52. The highest BCUT2D eigenvalue weighted by Gasteiger charge is 2.27. The number of carbonyl (C=O) groups excluding carboxylic acids is 1. The van der Waals surface area contributed by atoms with Gasteiger partial charge in [0, 0.05) is 34.6 Å². The van der Waals surface area contributed by atoms with E-state index in [0.717, 1.165) is 34.9 Å². The van der Waals surface area contributed by atoms with E-state index in [9.17, 15) is 10.1 Å². The molecule has 0 saturated carbocycles. The number of fused-ring (bicyclic) bond motifs is 3. The minimum Gasteiger partial charge on any atom is -0.444 e. The molecule has 0 atom stereocenters. The molecule has 1 saturated heterocycles. The summed E-state index contributed by atoms with van der Waals surface area (Å²) < 4.78 is 6.65. The van der Waals surface area contributed by atoms with Gasteiger partial charge in [0.1, 0.15) is 11.4 Å². The molecule has 1 aliphatic heterocycles. The van der Waals surface area contributed by atoms with E-state index in [1.807, 2.05) is 39.0 Å². The van der Waals surface area contributed by atoms with Gasteiger partial charge in [0.25, 0.3) is 0 Å². The maximum Gasteiger partial charge on any atom is 0.410 e. The summed E-state index contributed by atoms with van der Waals surface area (Å²) in [6.07, 6.45) is 1.43. The summed E-state index contributed by atoms with van der Waals surface area (Å²) >= 11 is 1.68. The van der Waals surface area contributed by atoms with E-state index < -0.39 is 5.60 Å². The molecule has 0 spiro atoms. The Bertz CT molecular complexity index is 1100. The molecule has 1 aromatic carbocycles. The van der Waals surface area contributed by atoms with Crippen LogP contribution in [0.15, 0.2) is 29.6 Å².